The summed E-state index contributed by atoms with van der Waals surface area (Å²) in [6, 6.07) is 5.75. The topological polar surface area (TPSA) is 109 Å². The van der Waals surface area contributed by atoms with E-state index in [0.717, 1.165) is 17.2 Å². The number of nitrogens with zero attached hydrogens (tertiary/aromatic N) is 5. The molecule has 0 saturated heterocycles. The van der Waals surface area contributed by atoms with Crippen LogP contribution in [-0.2, 0) is 6.54 Å². The van der Waals surface area contributed by atoms with E-state index in [2.05, 4.69) is 36.1 Å². The summed E-state index contributed by atoms with van der Waals surface area (Å²) in [5, 5.41) is 17.5. The molecule has 0 aromatic carbocycles. The summed E-state index contributed by atoms with van der Waals surface area (Å²) in [5.74, 6) is 1.31. The number of aliphatic imine (C=N–C) groups is 1. The minimum Gasteiger partial charge on any atom is -0.355 e. The minimum absolute atomic E-state index is 0.107. The Morgan fingerprint density at radius 1 is 1.23 bits per heavy atom. The van der Waals surface area contributed by atoms with Gasteiger partial charge in [0, 0.05) is 26.3 Å². The van der Waals surface area contributed by atoms with Crippen LogP contribution in [0.4, 0.5) is 0 Å². The molecule has 3 aromatic rings. The highest BCUT2D eigenvalue weighted by atomic mass is 32.1. The SMILES string of the molecule is CN=C(NCCNC(=O)c1scnc1C)NCc1nnc2ccccn12. The Kier molecular flexibility index (Phi) is 5.74. The average Bonchev–Trinajstić information content (AvgIpc) is 3.27. The number of nitrogens with one attached hydrogen (secondary N) is 3. The van der Waals surface area contributed by atoms with E-state index in [1.54, 1.807) is 12.6 Å². The molecule has 0 aliphatic rings. The van der Waals surface area contributed by atoms with Crippen molar-refractivity contribution in [3.63, 3.8) is 0 Å². The van der Waals surface area contributed by atoms with Crippen molar-refractivity contribution >= 4 is 28.9 Å². The molecule has 9 nitrogen and oxygen atoms in total. The largest absolute Gasteiger partial charge is 0.355 e. The van der Waals surface area contributed by atoms with Crippen molar-refractivity contribution in [1.29, 1.82) is 0 Å². The molecule has 3 N–H and O–H groups in total. The number of amides is 1. The van der Waals surface area contributed by atoms with E-state index in [0.29, 0.717) is 30.5 Å². The van der Waals surface area contributed by atoms with Crippen molar-refractivity contribution < 1.29 is 4.79 Å². The first-order valence-corrected chi connectivity index (χ1v) is 8.98. The van der Waals surface area contributed by atoms with Crippen LogP contribution in [0.2, 0.25) is 0 Å². The second-order valence-corrected chi connectivity index (χ2v) is 6.28. The lowest BCUT2D eigenvalue weighted by atomic mass is 10.4. The molecule has 3 heterocycles. The zero-order valence-electron chi connectivity index (χ0n) is 14.6. The van der Waals surface area contributed by atoms with E-state index in [1.807, 2.05) is 35.7 Å². The van der Waals surface area contributed by atoms with Gasteiger partial charge in [-0.25, -0.2) is 4.98 Å². The third kappa shape index (κ3) is 4.14. The first kappa shape index (κ1) is 17.8. The standard InChI is InChI=1S/C16H20N8OS/c1-11-14(26-10-21-11)15(25)18-6-7-19-16(17-2)20-9-13-23-22-12-5-3-4-8-24(12)13/h3-5,8,10H,6-7,9H2,1-2H3,(H,18,25)(H2,17,19,20). The highest BCUT2D eigenvalue weighted by Gasteiger charge is 2.10. The minimum atomic E-state index is -0.107. The molecule has 136 valence electrons. The number of guanidine groups is 1. The van der Waals surface area contributed by atoms with Crippen LogP contribution >= 0.6 is 11.3 Å². The Morgan fingerprint density at radius 2 is 2.08 bits per heavy atom. The van der Waals surface area contributed by atoms with Gasteiger partial charge < -0.3 is 16.0 Å². The Morgan fingerprint density at radius 3 is 2.85 bits per heavy atom. The molecule has 0 fully saturated rings. The van der Waals surface area contributed by atoms with Crippen LogP contribution in [0.3, 0.4) is 0 Å². The van der Waals surface area contributed by atoms with Crippen LogP contribution < -0.4 is 16.0 Å². The second kappa shape index (κ2) is 8.39. The maximum atomic E-state index is 12.0. The zero-order valence-corrected chi connectivity index (χ0v) is 15.4. The monoisotopic (exact) mass is 372 g/mol. The van der Waals surface area contributed by atoms with E-state index in [9.17, 15) is 4.79 Å². The van der Waals surface area contributed by atoms with E-state index in [4.69, 9.17) is 0 Å². The van der Waals surface area contributed by atoms with Crippen LogP contribution in [0.1, 0.15) is 21.2 Å². The molecule has 0 unspecified atom stereocenters. The molecule has 0 aliphatic heterocycles. The van der Waals surface area contributed by atoms with E-state index < -0.39 is 0 Å². The number of carbonyl (C=O) groups is 1. The van der Waals surface area contributed by atoms with E-state index >= 15 is 0 Å². The Hall–Kier alpha value is -3.01. The number of hydrogen-bond donors (Lipinski definition) is 3. The van der Waals surface area contributed by atoms with Crippen LogP contribution in [0.25, 0.3) is 5.65 Å². The number of aromatic nitrogens is 4. The van der Waals surface area contributed by atoms with Gasteiger partial charge in [0.05, 0.1) is 17.7 Å². The number of hydrogen-bond acceptors (Lipinski definition) is 6. The molecule has 0 spiro atoms. The fourth-order valence-corrected chi connectivity index (χ4v) is 3.07. The van der Waals surface area contributed by atoms with E-state index in [1.165, 1.54) is 11.3 Å². The number of pyridine rings is 1. The van der Waals surface area contributed by atoms with Crippen molar-refractivity contribution in [2.75, 3.05) is 20.1 Å². The number of fused-ring (bicyclic) bond motifs is 1. The smallest absolute Gasteiger partial charge is 0.263 e. The van der Waals surface area contributed by atoms with Gasteiger partial charge in [-0.15, -0.1) is 21.5 Å². The van der Waals surface area contributed by atoms with Crippen molar-refractivity contribution in [1.82, 2.24) is 35.5 Å². The van der Waals surface area contributed by atoms with E-state index in [-0.39, 0.29) is 5.91 Å². The summed E-state index contributed by atoms with van der Waals surface area (Å²) in [4.78, 5) is 20.9. The third-order valence-corrected chi connectivity index (χ3v) is 4.60. The molecule has 3 aromatic heterocycles. The first-order valence-electron chi connectivity index (χ1n) is 8.10. The lowest BCUT2D eigenvalue weighted by molar-refractivity contribution is 0.0957. The lowest BCUT2D eigenvalue weighted by Gasteiger charge is -2.11. The summed E-state index contributed by atoms with van der Waals surface area (Å²) in [6.07, 6.45) is 1.92. The van der Waals surface area contributed by atoms with Gasteiger partial charge in [0.15, 0.2) is 17.4 Å². The highest BCUT2D eigenvalue weighted by molar-refractivity contribution is 7.11. The van der Waals surface area contributed by atoms with Crippen molar-refractivity contribution in [3.05, 3.63) is 46.3 Å². The number of aryl methyl sites for hydroxylation is 1. The molecule has 0 radical (unpaired) electrons. The van der Waals surface area contributed by atoms with Crippen LogP contribution in [0.15, 0.2) is 34.9 Å². The molecule has 0 atom stereocenters. The summed E-state index contributed by atoms with van der Waals surface area (Å²) in [5.41, 5.74) is 3.22. The molecule has 3 rings (SSSR count). The molecule has 1 amide bonds. The highest BCUT2D eigenvalue weighted by Crippen LogP contribution is 2.11. The van der Waals surface area contributed by atoms with Crippen molar-refractivity contribution in [3.8, 4) is 0 Å². The van der Waals surface area contributed by atoms with Crippen molar-refractivity contribution in [2.45, 2.75) is 13.5 Å². The Labute approximate surface area is 154 Å². The zero-order chi connectivity index (χ0) is 18.4. The lowest BCUT2D eigenvalue weighted by Crippen LogP contribution is -2.41. The molecule has 0 aliphatic carbocycles. The van der Waals surface area contributed by atoms with Gasteiger partial charge >= 0.3 is 0 Å². The summed E-state index contributed by atoms with van der Waals surface area (Å²) in [6.45, 7) is 3.33. The quantitative estimate of drug-likeness (QED) is 0.332. The Bertz CT molecular complexity index is 916. The van der Waals surface area contributed by atoms with Gasteiger partial charge in [-0.2, -0.15) is 0 Å². The fraction of sp³-hybridized carbons (Fsp3) is 0.312. The van der Waals surface area contributed by atoms with Crippen LogP contribution in [0.5, 0.6) is 0 Å². The van der Waals surface area contributed by atoms with Gasteiger partial charge in [-0.3, -0.25) is 14.2 Å². The fourth-order valence-electron chi connectivity index (χ4n) is 2.35. The predicted octanol–water partition coefficient (Wildman–Crippen LogP) is 0.589. The molecule has 10 heteroatoms. The number of thiazole rings is 1. The number of rotatable bonds is 6. The molecular weight excluding hydrogens is 352 g/mol. The molecular formula is C16H20N8OS. The third-order valence-electron chi connectivity index (χ3n) is 3.68. The maximum Gasteiger partial charge on any atom is 0.263 e. The maximum absolute atomic E-state index is 12.0. The summed E-state index contributed by atoms with van der Waals surface area (Å²) in [7, 11) is 1.69. The van der Waals surface area contributed by atoms with Crippen LogP contribution in [0, 0.1) is 6.92 Å². The van der Waals surface area contributed by atoms with Crippen LogP contribution in [-0.4, -0.2) is 51.6 Å². The summed E-state index contributed by atoms with van der Waals surface area (Å²) < 4.78 is 1.91. The Balaban J connectivity index is 1.44. The van der Waals surface area contributed by atoms with Gasteiger partial charge in [0.2, 0.25) is 0 Å². The van der Waals surface area contributed by atoms with Gasteiger partial charge in [-0.1, -0.05) is 6.07 Å². The normalized spacial score (nSPS) is 11.5. The summed E-state index contributed by atoms with van der Waals surface area (Å²) >= 11 is 1.34. The van der Waals surface area contributed by atoms with Gasteiger partial charge in [0.1, 0.15) is 4.88 Å². The molecule has 0 saturated carbocycles. The second-order valence-electron chi connectivity index (χ2n) is 5.42. The molecule has 26 heavy (non-hydrogen) atoms. The van der Waals surface area contributed by atoms with Gasteiger partial charge in [0.25, 0.3) is 5.91 Å². The average molecular weight is 372 g/mol. The predicted molar refractivity (Wildman–Crippen MR) is 100 cm³/mol. The number of carbonyl (C=O) groups excluding carboxylic acids is 1. The van der Waals surface area contributed by atoms with Gasteiger partial charge in [-0.05, 0) is 19.1 Å². The molecule has 0 bridgehead atoms. The van der Waals surface area contributed by atoms with Crippen molar-refractivity contribution in [2.24, 2.45) is 4.99 Å². The first-order chi connectivity index (χ1) is 12.7.